The first-order valence-corrected chi connectivity index (χ1v) is 6.96. The van der Waals surface area contributed by atoms with Gasteiger partial charge in [-0.2, -0.15) is 0 Å². The number of aliphatic carboxylic acids is 2. The van der Waals surface area contributed by atoms with Gasteiger partial charge in [0.15, 0.2) is 0 Å². The Morgan fingerprint density at radius 2 is 1.71 bits per heavy atom. The molecule has 130 valence electrons. The predicted molar refractivity (Wildman–Crippen MR) is 79.5 cm³/mol. The van der Waals surface area contributed by atoms with E-state index in [1.54, 1.807) is 6.07 Å². The zero-order valence-corrected chi connectivity index (χ0v) is 12.8. The maximum Gasteiger partial charge on any atom is 0.326 e. The standard InChI is InChI=1S/C15H17FN2O6/c1-8(19)17-11(6-9-4-2-3-5-10(9)16)14(22)18-12(15(23)24)7-13(20)21/h2-5,11-12H,6-7H2,1H3,(H,17,19)(H,18,22)(H,20,21)(H,23,24)/t11-,12+/m0/s1. The molecule has 8 nitrogen and oxygen atoms in total. The normalized spacial score (nSPS) is 12.8. The molecule has 0 heterocycles. The second-order valence-electron chi connectivity index (χ2n) is 5.05. The Balaban J connectivity index is 2.92. The maximum absolute atomic E-state index is 13.7. The molecule has 0 bridgehead atoms. The highest BCUT2D eigenvalue weighted by Gasteiger charge is 2.28. The SMILES string of the molecule is CC(=O)N[C@@H](Cc1ccccc1F)C(=O)N[C@H](CC(=O)O)C(=O)O. The van der Waals surface area contributed by atoms with Crippen LogP contribution in [0.5, 0.6) is 0 Å². The number of hydrogen-bond donors (Lipinski definition) is 4. The highest BCUT2D eigenvalue weighted by Crippen LogP contribution is 2.10. The minimum atomic E-state index is -1.66. The van der Waals surface area contributed by atoms with Gasteiger partial charge >= 0.3 is 11.9 Å². The Hall–Kier alpha value is -2.97. The summed E-state index contributed by atoms with van der Waals surface area (Å²) in [5, 5.41) is 21.9. The number of benzene rings is 1. The van der Waals surface area contributed by atoms with E-state index in [4.69, 9.17) is 10.2 Å². The highest BCUT2D eigenvalue weighted by atomic mass is 19.1. The molecule has 0 aliphatic carbocycles. The van der Waals surface area contributed by atoms with Crippen molar-refractivity contribution >= 4 is 23.8 Å². The number of carboxylic acid groups (broad SMARTS) is 2. The van der Waals surface area contributed by atoms with Crippen LogP contribution in [0.4, 0.5) is 4.39 Å². The zero-order chi connectivity index (χ0) is 18.3. The number of carbonyl (C=O) groups excluding carboxylic acids is 2. The molecule has 24 heavy (non-hydrogen) atoms. The largest absolute Gasteiger partial charge is 0.481 e. The number of hydrogen-bond acceptors (Lipinski definition) is 4. The average molecular weight is 340 g/mol. The second kappa shape index (κ2) is 8.61. The maximum atomic E-state index is 13.7. The summed E-state index contributed by atoms with van der Waals surface area (Å²) < 4.78 is 13.7. The quantitative estimate of drug-likeness (QED) is 0.523. The lowest BCUT2D eigenvalue weighted by Crippen LogP contribution is -2.52. The first-order chi connectivity index (χ1) is 11.2. The summed E-state index contributed by atoms with van der Waals surface area (Å²) in [6, 6.07) is 2.71. The molecular weight excluding hydrogens is 323 g/mol. The van der Waals surface area contributed by atoms with E-state index in [2.05, 4.69) is 5.32 Å². The molecule has 1 aromatic rings. The van der Waals surface area contributed by atoms with E-state index < -0.39 is 48.1 Å². The molecule has 1 rings (SSSR count). The van der Waals surface area contributed by atoms with Crippen molar-refractivity contribution in [2.45, 2.75) is 31.8 Å². The van der Waals surface area contributed by atoms with Crippen molar-refractivity contribution in [1.82, 2.24) is 10.6 Å². The Morgan fingerprint density at radius 3 is 2.21 bits per heavy atom. The fourth-order valence-corrected chi connectivity index (χ4v) is 1.99. The van der Waals surface area contributed by atoms with E-state index in [1.807, 2.05) is 5.32 Å². The first-order valence-electron chi connectivity index (χ1n) is 6.96. The minimum Gasteiger partial charge on any atom is -0.481 e. The van der Waals surface area contributed by atoms with E-state index in [1.165, 1.54) is 18.2 Å². The van der Waals surface area contributed by atoms with Crippen LogP contribution in [0.2, 0.25) is 0 Å². The van der Waals surface area contributed by atoms with Crippen LogP contribution in [0.1, 0.15) is 18.9 Å². The summed E-state index contributed by atoms with van der Waals surface area (Å²) in [5.41, 5.74) is 0.150. The first kappa shape index (κ1) is 19.1. The van der Waals surface area contributed by atoms with Gasteiger partial charge in [0.25, 0.3) is 0 Å². The van der Waals surface area contributed by atoms with Crippen molar-refractivity contribution in [3.63, 3.8) is 0 Å². The van der Waals surface area contributed by atoms with Gasteiger partial charge < -0.3 is 20.8 Å². The van der Waals surface area contributed by atoms with E-state index in [0.29, 0.717) is 0 Å². The van der Waals surface area contributed by atoms with Crippen LogP contribution in [0.15, 0.2) is 24.3 Å². The third-order valence-corrected chi connectivity index (χ3v) is 3.07. The third-order valence-electron chi connectivity index (χ3n) is 3.07. The molecule has 0 aliphatic rings. The lowest BCUT2D eigenvalue weighted by molar-refractivity contribution is -0.147. The summed E-state index contributed by atoms with van der Waals surface area (Å²) in [5.74, 6) is -5.01. The second-order valence-corrected chi connectivity index (χ2v) is 5.05. The van der Waals surface area contributed by atoms with Gasteiger partial charge in [-0.25, -0.2) is 9.18 Å². The number of carboxylic acids is 2. The summed E-state index contributed by atoms with van der Waals surface area (Å²) in [6.07, 6.45) is -1.04. The van der Waals surface area contributed by atoms with Crippen LogP contribution in [0, 0.1) is 5.82 Å². The van der Waals surface area contributed by atoms with Gasteiger partial charge in [-0.1, -0.05) is 18.2 Å². The Labute approximate surface area is 136 Å². The number of halogens is 1. The molecule has 2 amide bonds. The highest BCUT2D eigenvalue weighted by molar-refractivity contribution is 5.91. The van der Waals surface area contributed by atoms with Crippen molar-refractivity contribution < 1.29 is 33.8 Å². The molecule has 0 spiro atoms. The monoisotopic (exact) mass is 340 g/mol. The van der Waals surface area contributed by atoms with Crippen LogP contribution in [0.25, 0.3) is 0 Å². The van der Waals surface area contributed by atoms with Crippen molar-refractivity contribution in [2.75, 3.05) is 0 Å². The number of amides is 2. The summed E-state index contributed by atoms with van der Waals surface area (Å²) in [7, 11) is 0. The van der Waals surface area contributed by atoms with Crippen LogP contribution >= 0.6 is 0 Å². The summed E-state index contributed by atoms with van der Waals surface area (Å²) in [4.78, 5) is 45.1. The van der Waals surface area contributed by atoms with Crippen LogP contribution in [-0.4, -0.2) is 46.0 Å². The third kappa shape index (κ3) is 6.03. The van der Waals surface area contributed by atoms with E-state index >= 15 is 0 Å². The molecule has 2 atom stereocenters. The van der Waals surface area contributed by atoms with Crippen LogP contribution < -0.4 is 10.6 Å². The van der Waals surface area contributed by atoms with E-state index in [0.717, 1.165) is 6.92 Å². The number of carbonyl (C=O) groups is 4. The Morgan fingerprint density at radius 1 is 1.08 bits per heavy atom. The summed E-state index contributed by atoms with van der Waals surface area (Å²) >= 11 is 0. The average Bonchev–Trinajstić information content (AvgIpc) is 2.47. The van der Waals surface area contributed by atoms with Crippen LogP contribution in [0.3, 0.4) is 0 Å². The predicted octanol–water partition coefficient (Wildman–Crippen LogP) is -0.0830. The Bertz CT molecular complexity index is 649. The van der Waals surface area contributed by atoms with Crippen LogP contribution in [-0.2, 0) is 25.6 Å². The van der Waals surface area contributed by atoms with Crippen molar-refractivity contribution in [2.24, 2.45) is 0 Å². The molecule has 4 N–H and O–H groups in total. The molecule has 1 aromatic carbocycles. The smallest absolute Gasteiger partial charge is 0.326 e. The van der Waals surface area contributed by atoms with E-state index in [-0.39, 0.29) is 12.0 Å². The molecule has 0 unspecified atom stereocenters. The molecule has 0 fully saturated rings. The van der Waals surface area contributed by atoms with E-state index in [9.17, 15) is 23.6 Å². The number of nitrogens with one attached hydrogen (secondary N) is 2. The Kier molecular flexibility index (Phi) is 6.84. The minimum absolute atomic E-state index is 0.150. The van der Waals surface area contributed by atoms with Gasteiger partial charge in [-0.3, -0.25) is 14.4 Å². The molecule has 0 radical (unpaired) electrons. The van der Waals surface area contributed by atoms with Gasteiger partial charge in [0, 0.05) is 13.3 Å². The molecule has 0 aliphatic heterocycles. The van der Waals surface area contributed by atoms with Crippen molar-refractivity contribution in [3.05, 3.63) is 35.6 Å². The van der Waals surface area contributed by atoms with Crippen molar-refractivity contribution in [3.8, 4) is 0 Å². The zero-order valence-electron chi connectivity index (χ0n) is 12.8. The summed E-state index contributed by atoms with van der Waals surface area (Å²) in [6.45, 7) is 1.15. The van der Waals surface area contributed by atoms with Gasteiger partial charge in [0.1, 0.15) is 17.9 Å². The fourth-order valence-electron chi connectivity index (χ4n) is 1.99. The van der Waals surface area contributed by atoms with Gasteiger partial charge in [0.05, 0.1) is 6.42 Å². The molecule has 9 heteroatoms. The van der Waals surface area contributed by atoms with Gasteiger partial charge in [-0.05, 0) is 11.6 Å². The lowest BCUT2D eigenvalue weighted by Gasteiger charge is -2.20. The molecule has 0 aromatic heterocycles. The van der Waals surface area contributed by atoms with Crippen molar-refractivity contribution in [1.29, 1.82) is 0 Å². The topological polar surface area (TPSA) is 133 Å². The number of rotatable bonds is 8. The molecule has 0 saturated heterocycles. The van der Waals surface area contributed by atoms with Gasteiger partial charge in [0.2, 0.25) is 11.8 Å². The molecular formula is C15H17FN2O6. The molecule has 0 saturated carbocycles. The lowest BCUT2D eigenvalue weighted by atomic mass is 10.0. The van der Waals surface area contributed by atoms with Gasteiger partial charge in [-0.15, -0.1) is 0 Å². The fraction of sp³-hybridized carbons (Fsp3) is 0.333.